The normalized spacial score (nSPS) is 11.2. The molecule has 0 atom stereocenters. The first-order valence-electron chi connectivity index (χ1n) is 4.02. The second-order valence-corrected chi connectivity index (χ2v) is 5.47. The molecule has 0 radical (unpaired) electrons. The van der Waals surface area contributed by atoms with Crippen molar-refractivity contribution in [3.63, 3.8) is 0 Å². The molecule has 2 N–H and O–H groups in total. The maximum atomic E-state index is 10.0. The van der Waals surface area contributed by atoms with E-state index in [0.29, 0.717) is 6.54 Å². The highest BCUT2D eigenvalue weighted by atomic mass is 32.2. The Balaban J connectivity index is 3.17. The summed E-state index contributed by atoms with van der Waals surface area (Å²) in [6.07, 6.45) is -0.0374. The smallest absolute Gasteiger partial charge is 0.404 e. The van der Waals surface area contributed by atoms with Gasteiger partial charge in [-0.25, -0.2) is 4.79 Å². The first-order valence-corrected chi connectivity index (χ1v) is 5.01. The maximum absolute atomic E-state index is 10.0. The molecule has 0 bridgehead atoms. The van der Waals surface area contributed by atoms with Gasteiger partial charge in [0.05, 0.1) is 0 Å². The fraction of sp³-hybridized carbons (Fsp3) is 0.875. The zero-order valence-corrected chi connectivity index (χ0v) is 8.70. The molecule has 0 aromatic rings. The van der Waals surface area contributed by atoms with Crippen LogP contribution in [-0.2, 0) is 0 Å². The molecule has 0 aliphatic rings. The molecular weight excluding hydrogens is 174 g/mol. The molecule has 0 fully saturated rings. The van der Waals surface area contributed by atoms with Crippen LogP contribution in [0.15, 0.2) is 0 Å². The lowest BCUT2D eigenvalue weighted by atomic mass is 10.3. The lowest BCUT2D eigenvalue weighted by Crippen LogP contribution is -2.22. The van der Waals surface area contributed by atoms with Gasteiger partial charge in [0.15, 0.2) is 0 Å². The number of hydrogen-bond donors (Lipinski definition) is 2. The average Bonchev–Trinajstić information content (AvgIpc) is 1.83. The number of carboxylic acid groups (broad SMARTS) is 1. The average molecular weight is 191 g/mol. The summed E-state index contributed by atoms with van der Waals surface area (Å²) in [4.78, 5) is 10.0. The summed E-state index contributed by atoms with van der Waals surface area (Å²) in [6, 6.07) is 0. The Morgan fingerprint density at radius 3 is 2.50 bits per heavy atom. The molecule has 72 valence electrons. The van der Waals surface area contributed by atoms with Gasteiger partial charge in [-0.05, 0) is 12.2 Å². The van der Waals surface area contributed by atoms with Crippen molar-refractivity contribution in [1.29, 1.82) is 0 Å². The van der Waals surface area contributed by atoms with Gasteiger partial charge in [-0.2, -0.15) is 11.8 Å². The van der Waals surface area contributed by atoms with Crippen LogP contribution in [0.4, 0.5) is 4.79 Å². The van der Waals surface area contributed by atoms with Gasteiger partial charge in [0.1, 0.15) is 0 Å². The fourth-order valence-corrected chi connectivity index (χ4v) is 1.55. The second kappa shape index (κ2) is 5.30. The van der Waals surface area contributed by atoms with E-state index in [4.69, 9.17) is 5.11 Å². The van der Waals surface area contributed by atoms with E-state index in [-0.39, 0.29) is 4.75 Å². The first-order chi connectivity index (χ1) is 5.42. The minimum Gasteiger partial charge on any atom is -0.465 e. The molecule has 0 aromatic heterocycles. The molecule has 4 heteroatoms. The SMILES string of the molecule is CC(C)(C)SCCCNC(=O)O. The molecule has 1 amide bonds. The van der Waals surface area contributed by atoms with Crippen LogP contribution < -0.4 is 5.32 Å². The van der Waals surface area contributed by atoms with Crippen LogP contribution in [0.3, 0.4) is 0 Å². The molecule has 0 saturated carbocycles. The van der Waals surface area contributed by atoms with E-state index in [1.165, 1.54) is 0 Å². The van der Waals surface area contributed by atoms with E-state index in [2.05, 4.69) is 26.1 Å². The highest BCUT2D eigenvalue weighted by molar-refractivity contribution is 8.00. The zero-order chi connectivity index (χ0) is 9.61. The Morgan fingerprint density at radius 1 is 1.50 bits per heavy atom. The summed E-state index contributed by atoms with van der Waals surface area (Å²) in [5.74, 6) is 1.00. The van der Waals surface area contributed by atoms with Crippen LogP contribution in [0.25, 0.3) is 0 Å². The summed E-state index contributed by atoms with van der Waals surface area (Å²) in [5.41, 5.74) is 0. The third-order valence-electron chi connectivity index (χ3n) is 1.13. The lowest BCUT2D eigenvalue weighted by molar-refractivity contribution is 0.194. The number of hydrogen-bond acceptors (Lipinski definition) is 2. The Bertz CT molecular complexity index is 142. The Kier molecular flexibility index (Phi) is 5.13. The van der Waals surface area contributed by atoms with Crippen molar-refractivity contribution in [2.75, 3.05) is 12.3 Å². The topological polar surface area (TPSA) is 49.3 Å². The number of rotatable bonds is 4. The molecule has 0 unspecified atom stereocenters. The van der Waals surface area contributed by atoms with Gasteiger partial charge in [-0.1, -0.05) is 20.8 Å². The van der Waals surface area contributed by atoms with E-state index in [1.807, 2.05) is 11.8 Å². The molecule has 0 heterocycles. The van der Waals surface area contributed by atoms with Crippen LogP contribution in [0, 0.1) is 0 Å². The van der Waals surface area contributed by atoms with Crippen LogP contribution in [0.1, 0.15) is 27.2 Å². The summed E-state index contributed by atoms with van der Waals surface area (Å²) in [6.45, 7) is 7.02. The molecule has 0 aliphatic heterocycles. The highest BCUT2D eigenvalue weighted by Gasteiger charge is 2.09. The quantitative estimate of drug-likeness (QED) is 0.670. The number of carbonyl (C=O) groups is 1. The van der Waals surface area contributed by atoms with Crippen molar-refractivity contribution in [2.24, 2.45) is 0 Å². The monoisotopic (exact) mass is 191 g/mol. The third kappa shape index (κ3) is 9.62. The Hall–Kier alpha value is -0.380. The second-order valence-electron chi connectivity index (χ2n) is 3.55. The number of thioether (sulfide) groups is 1. The van der Waals surface area contributed by atoms with Gasteiger partial charge in [0, 0.05) is 11.3 Å². The van der Waals surface area contributed by atoms with Gasteiger partial charge in [0.25, 0.3) is 0 Å². The Morgan fingerprint density at radius 2 is 2.08 bits per heavy atom. The van der Waals surface area contributed by atoms with Crippen LogP contribution in [0.5, 0.6) is 0 Å². The summed E-state index contributed by atoms with van der Waals surface area (Å²) >= 11 is 1.85. The predicted molar refractivity (Wildman–Crippen MR) is 52.9 cm³/mol. The molecule has 0 rings (SSSR count). The lowest BCUT2D eigenvalue weighted by Gasteiger charge is -2.16. The largest absolute Gasteiger partial charge is 0.465 e. The standard InChI is InChI=1S/C8H17NO2S/c1-8(2,3)12-6-4-5-9-7(10)11/h9H,4-6H2,1-3H3,(H,10,11). The molecule has 12 heavy (non-hydrogen) atoms. The van der Waals surface area contributed by atoms with E-state index >= 15 is 0 Å². The molecular formula is C8H17NO2S. The number of amides is 1. The zero-order valence-electron chi connectivity index (χ0n) is 7.89. The molecule has 0 aromatic carbocycles. The molecule has 0 saturated heterocycles. The summed E-state index contributed by atoms with van der Waals surface area (Å²) in [7, 11) is 0. The van der Waals surface area contributed by atoms with Gasteiger partial charge in [0.2, 0.25) is 0 Å². The van der Waals surface area contributed by atoms with Crippen molar-refractivity contribution in [3.8, 4) is 0 Å². The molecule has 0 spiro atoms. The predicted octanol–water partition coefficient (Wildman–Crippen LogP) is 2.18. The van der Waals surface area contributed by atoms with E-state index < -0.39 is 6.09 Å². The number of nitrogens with one attached hydrogen (secondary N) is 1. The van der Waals surface area contributed by atoms with Gasteiger partial charge >= 0.3 is 6.09 Å². The Labute approximate surface area is 77.9 Å². The highest BCUT2D eigenvalue weighted by Crippen LogP contribution is 2.23. The molecule has 0 aliphatic carbocycles. The van der Waals surface area contributed by atoms with Crippen LogP contribution >= 0.6 is 11.8 Å². The van der Waals surface area contributed by atoms with Crippen LogP contribution in [0.2, 0.25) is 0 Å². The maximum Gasteiger partial charge on any atom is 0.404 e. The van der Waals surface area contributed by atoms with Crippen molar-refractivity contribution < 1.29 is 9.90 Å². The van der Waals surface area contributed by atoms with Crippen molar-refractivity contribution in [3.05, 3.63) is 0 Å². The third-order valence-corrected chi connectivity index (χ3v) is 2.49. The van der Waals surface area contributed by atoms with E-state index in [0.717, 1.165) is 12.2 Å². The summed E-state index contributed by atoms with van der Waals surface area (Å²) in [5, 5.41) is 10.6. The van der Waals surface area contributed by atoms with E-state index in [1.54, 1.807) is 0 Å². The minimum atomic E-state index is -0.934. The molecule has 3 nitrogen and oxygen atoms in total. The van der Waals surface area contributed by atoms with Crippen molar-refractivity contribution >= 4 is 17.9 Å². The first kappa shape index (κ1) is 11.6. The summed E-state index contributed by atoms with van der Waals surface area (Å²) < 4.78 is 0.281. The van der Waals surface area contributed by atoms with Gasteiger partial charge < -0.3 is 10.4 Å². The fourth-order valence-electron chi connectivity index (χ4n) is 0.646. The van der Waals surface area contributed by atoms with Crippen LogP contribution in [-0.4, -0.2) is 28.2 Å². The van der Waals surface area contributed by atoms with Crippen molar-refractivity contribution in [1.82, 2.24) is 5.32 Å². The minimum absolute atomic E-state index is 0.281. The van der Waals surface area contributed by atoms with Gasteiger partial charge in [-0.3, -0.25) is 0 Å². The van der Waals surface area contributed by atoms with E-state index in [9.17, 15) is 4.79 Å². The van der Waals surface area contributed by atoms with Gasteiger partial charge in [-0.15, -0.1) is 0 Å². The van der Waals surface area contributed by atoms with Crippen molar-refractivity contribution in [2.45, 2.75) is 31.9 Å².